The zero-order valence-electron chi connectivity index (χ0n) is 18.7. The highest BCUT2D eigenvalue weighted by Crippen LogP contribution is 2.28. The van der Waals surface area contributed by atoms with E-state index in [1.165, 1.54) is 17.0 Å². The van der Waals surface area contributed by atoms with Gasteiger partial charge in [-0.15, -0.1) is 0 Å². The van der Waals surface area contributed by atoms with Crippen molar-refractivity contribution in [2.75, 3.05) is 46.0 Å². The number of rotatable bonds is 5. The predicted molar refractivity (Wildman–Crippen MR) is 124 cm³/mol. The van der Waals surface area contributed by atoms with Crippen LogP contribution in [0.5, 0.6) is 5.75 Å². The third-order valence-corrected chi connectivity index (χ3v) is 5.73. The molecule has 0 aliphatic carbocycles. The summed E-state index contributed by atoms with van der Waals surface area (Å²) in [6.45, 7) is 3.87. The molecule has 2 heterocycles. The second kappa shape index (κ2) is 9.60. The van der Waals surface area contributed by atoms with Crippen LogP contribution in [0.3, 0.4) is 0 Å². The highest BCUT2D eigenvalue weighted by atomic mass is 19.1. The Kier molecular flexibility index (Phi) is 6.62. The first-order chi connectivity index (χ1) is 15.8. The summed E-state index contributed by atoms with van der Waals surface area (Å²) >= 11 is 0. The number of benzene rings is 2. The highest BCUT2D eigenvalue weighted by Gasteiger charge is 2.21. The number of ether oxygens (including phenoxy) is 1. The number of amides is 1. The van der Waals surface area contributed by atoms with Gasteiger partial charge >= 0.3 is 11.7 Å². The minimum absolute atomic E-state index is 0.0358. The molecule has 1 amide bonds. The molecule has 174 valence electrons. The lowest BCUT2D eigenvalue weighted by Crippen LogP contribution is -2.43. The molecule has 3 N–H and O–H groups in total. The molecule has 33 heavy (non-hydrogen) atoms. The third kappa shape index (κ3) is 4.99. The second-order valence-corrected chi connectivity index (χ2v) is 8.29. The summed E-state index contributed by atoms with van der Waals surface area (Å²) in [6, 6.07) is 9.73. The lowest BCUT2D eigenvalue weighted by Gasteiger charge is -2.28. The number of hydrogen-bond donors (Lipinski definition) is 2. The molecule has 8 nitrogen and oxygen atoms in total. The molecule has 0 radical (unpaired) electrons. The molecule has 4 rings (SSSR count). The van der Waals surface area contributed by atoms with Crippen LogP contribution in [0, 0.1) is 5.82 Å². The number of nitrogens with one attached hydrogen (secondary N) is 1. The highest BCUT2D eigenvalue weighted by molar-refractivity contribution is 5.83. The molecule has 3 aromatic rings. The van der Waals surface area contributed by atoms with Crippen LogP contribution in [0.1, 0.15) is 16.7 Å². The van der Waals surface area contributed by atoms with E-state index in [-0.39, 0.29) is 17.9 Å². The maximum absolute atomic E-state index is 14.6. The minimum Gasteiger partial charge on any atom is -0.422 e. The van der Waals surface area contributed by atoms with Crippen molar-refractivity contribution >= 4 is 22.7 Å². The van der Waals surface area contributed by atoms with Crippen molar-refractivity contribution in [2.45, 2.75) is 13.0 Å². The number of nitrogens with two attached hydrogens (primary N) is 1. The van der Waals surface area contributed by atoms with Gasteiger partial charge in [-0.05, 0) is 29.3 Å². The van der Waals surface area contributed by atoms with Gasteiger partial charge in [0.05, 0.1) is 5.69 Å². The lowest BCUT2D eigenvalue weighted by molar-refractivity contribution is 0.172. The van der Waals surface area contributed by atoms with E-state index in [0.717, 1.165) is 37.1 Å². The number of hydrogen-bond acceptors (Lipinski definition) is 7. The summed E-state index contributed by atoms with van der Waals surface area (Å²) in [6.07, 6.45) is -0.472. The van der Waals surface area contributed by atoms with Gasteiger partial charge in [-0.25, -0.2) is 14.0 Å². The number of anilines is 1. The summed E-state index contributed by atoms with van der Waals surface area (Å²) < 4.78 is 25.5. The summed E-state index contributed by atoms with van der Waals surface area (Å²) in [5, 5.41) is 4.03. The van der Waals surface area contributed by atoms with Crippen LogP contribution in [-0.4, -0.2) is 56.2 Å². The number of piperazine rings is 1. The maximum atomic E-state index is 14.6. The average molecular weight is 455 g/mol. The van der Waals surface area contributed by atoms with E-state index in [1.807, 2.05) is 0 Å². The monoisotopic (exact) mass is 454 g/mol. The van der Waals surface area contributed by atoms with Crippen LogP contribution in [0.2, 0.25) is 0 Å². The van der Waals surface area contributed by atoms with Crippen molar-refractivity contribution in [3.8, 4) is 5.75 Å². The van der Waals surface area contributed by atoms with E-state index < -0.39 is 17.5 Å². The van der Waals surface area contributed by atoms with Gasteiger partial charge in [-0.3, -0.25) is 4.90 Å². The smallest absolute Gasteiger partial charge is 0.414 e. The summed E-state index contributed by atoms with van der Waals surface area (Å²) in [4.78, 5) is 28.5. The van der Waals surface area contributed by atoms with Crippen LogP contribution in [0.15, 0.2) is 45.6 Å². The predicted octanol–water partition coefficient (Wildman–Crippen LogP) is 2.57. The van der Waals surface area contributed by atoms with E-state index in [4.69, 9.17) is 14.9 Å². The van der Waals surface area contributed by atoms with Crippen LogP contribution in [-0.2, 0) is 13.0 Å². The molecular weight excluding hydrogens is 427 g/mol. The van der Waals surface area contributed by atoms with Crippen molar-refractivity contribution < 1.29 is 18.3 Å². The Bertz CT molecular complexity index is 1240. The first-order valence-electron chi connectivity index (χ1n) is 10.8. The van der Waals surface area contributed by atoms with Gasteiger partial charge in [0, 0.05) is 70.3 Å². The molecule has 0 atom stereocenters. The van der Waals surface area contributed by atoms with E-state index in [9.17, 15) is 14.0 Å². The van der Waals surface area contributed by atoms with Gasteiger partial charge < -0.3 is 25.1 Å². The van der Waals surface area contributed by atoms with E-state index >= 15 is 0 Å². The van der Waals surface area contributed by atoms with Crippen LogP contribution in [0.4, 0.5) is 14.9 Å². The van der Waals surface area contributed by atoms with Crippen molar-refractivity contribution in [1.29, 1.82) is 0 Å². The quantitative estimate of drug-likeness (QED) is 0.451. The fourth-order valence-corrected chi connectivity index (χ4v) is 3.92. The molecule has 2 aromatic carbocycles. The number of halogens is 1. The third-order valence-electron chi connectivity index (χ3n) is 5.73. The Balaban J connectivity index is 1.80. The van der Waals surface area contributed by atoms with Gasteiger partial charge in [-0.2, -0.15) is 0 Å². The molecule has 1 fully saturated rings. The van der Waals surface area contributed by atoms with Crippen molar-refractivity contribution in [3.05, 3.63) is 69.3 Å². The Morgan fingerprint density at radius 2 is 1.97 bits per heavy atom. The molecule has 1 aromatic heterocycles. The van der Waals surface area contributed by atoms with Crippen LogP contribution >= 0.6 is 0 Å². The standard InChI is InChI=1S/C24H27FN4O4/c1-28(2)24(31)32-16-6-7-17-19(14-29-10-8-27-9-11-29)18(23(30)33-21(17)13-16)12-15-4-3-5-20(26)22(15)25/h3-7,13,27H,8-12,14,26H2,1-2H3. The summed E-state index contributed by atoms with van der Waals surface area (Å²) in [7, 11) is 3.16. The van der Waals surface area contributed by atoms with Gasteiger partial charge in [0.25, 0.3) is 0 Å². The fourth-order valence-electron chi connectivity index (χ4n) is 3.92. The molecule has 0 spiro atoms. The first-order valence-corrected chi connectivity index (χ1v) is 10.8. The van der Waals surface area contributed by atoms with E-state index in [1.54, 1.807) is 38.4 Å². The molecule has 0 unspecified atom stereocenters. The number of carbonyl (C=O) groups is 1. The van der Waals surface area contributed by atoms with Crippen LogP contribution in [0.25, 0.3) is 11.0 Å². The van der Waals surface area contributed by atoms with Gasteiger partial charge in [0.15, 0.2) is 0 Å². The Hall–Kier alpha value is -3.43. The number of fused-ring (bicyclic) bond motifs is 1. The average Bonchev–Trinajstić information content (AvgIpc) is 2.79. The van der Waals surface area contributed by atoms with Crippen molar-refractivity contribution in [1.82, 2.24) is 15.1 Å². The maximum Gasteiger partial charge on any atom is 0.414 e. The SMILES string of the molecule is CN(C)C(=O)Oc1ccc2c(CN3CCNCC3)c(Cc3cccc(N)c3F)c(=O)oc2c1. The summed E-state index contributed by atoms with van der Waals surface area (Å²) in [5.41, 5.74) is 7.03. The Labute approximate surface area is 190 Å². The number of carbonyl (C=O) groups excluding carboxylic acids is 1. The van der Waals surface area contributed by atoms with Gasteiger partial charge in [0.2, 0.25) is 0 Å². The van der Waals surface area contributed by atoms with Gasteiger partial charge in [-0.1, -0.05) is 12.1 Å². The Morgan fingerprint density at radius 3 is 2.70 bits per heavy atom. The topological polar surface area (TPSA) is 101 Å². The first kappa shape index (κ1) is 22.8. The molecule has 1 saturated heterocycles. The zero-order valence-corrected chi connectivity index (χ0v) is 18.7. The lowest BCUT2D eigenvalue weighted by atomic mass is 9.97. The number of nitrogens with zero attached hydrogens (tertiary/aromatic N) is 2. The van der Waals surface area contributed by atoms with Crippen LogP contribution < -0.4 is 21.4 Å². The molecule has 9 heteroatoms. The summed E-state index contributed by atoms with van der Waals surface area (Å²) in [5.74, 6) is -0.261. The normalized spacial score (nSPS) is 14.4. The largest absolute Gasteiger partial charge is 0.422 e. The molecular formula is C24H27FN4O4. The Morgan fingerprint density at radius 1 is 1.21 bits per heavy atom. The van der Waals surface area contributed by atoms with Crippen molar-refractivity contribution in [3.63, 3.8) is 0 Å². The fraction of sp³-hybridized carbons (Fsp3) is 0.333. The second-order valence-electron chi connectivity index (χ2n) is 8.29. The minimum atomic E-state index is -0.550. The van der Waals surface area contributed by atoms with E-state index in [0.29, 0.717) is 23.3 Å². The molecule has 0 bridgehead atoms. The van der Waals surface area contributed by atoms with Gasteiger partial charge in [0.1, 0.15) is 17.1 Å². The van der Waals surface area contributed by atoms with E-state index in [2.05, 4.69) is 10.2 Å². The zero-order chi connectivity index (χ0) is 23.5. The van der Waals surface area contributed by atoms with Crippen molar-refractivity contribution in [2.24, 2.45) is 0 Å². The number of nitrogen functional groups attached to an aromatic ring is 1. The molecule has 0 saturated carbocycles. The molecule has 1 aliphatic heterocycles. The molecule has 1 aliphatic rings.